The van der Waals surface area contributed by atoms with Crippen LogP contribution in [0.15, 0.2) is 60.7 Å². The number of carbonyl (C=O) groups is 3. The zero-order valence-corrected chi connectivity index (χ0v) is 17.0. The first kappa shape index (κ1) is 21.6. The lowest BCUT2D eigenvalue weighted by molar-refractivity contribution is -0.145. The van der Waals surface area contributed by atoms with Crippen molar-refractivity contribution < 1.29 is 23.9 Å². The molecule has 6 nitrogen and oxygen atoms in total. The van der Waals surface area contributed by atoms with Gasteiger partial charge in [-0.05, 0) is 30.4 Å². The van der Waals surface area contributed by atoms with E-state index in [9.17, 15) is 14.4 Å². The molecule has 1 fully saturated rings. The molecule has 0 unspecified atom stereocenters. The maximum atomic E-state index is 12.2. The molecular formula is C24H27NO5. The van der Waals surface area contributed by atoms with Crippen molar-refractivity contribution in [3.05, 3.63) is 71.8 Å². The molecule has 0 spiro atoms. The van der Waals surface area contributed by atoms with Gasteiger partial charge in [0.15, 0.2) is 0 Å². The molecule has 0 radical (unpaired) electrons. The lowest BCUT2D eigenvalue weighted by Crippen LogP contribution is -2.42. The summed E-state index contributed by atoms with van der Waals surface area (Å²) in [6.45, 7) is 0.454. The highest BCUT2D eigenvalue weighted by atomic mass is 16.5. The highest BCUT2D eigenvalue weighted by Gasteiger charge is 2.38. The number of hydrogen-bond donors (Lipinski definition) is 1. The molecule has 30 heavy (non-hydrogen) atoms. The van der Waals surface area contributed by atoms with E-state index in [0.29, 0.717) is 25.7 Å². The van der Waals surface area contributed by atoms with Crippen molar-refractivity contribution in [1.29, 1.82) is 0 Å². The minimum absolute atomic E-state index is 0.0506. The summed E-state index contributed by atoms with van der Waals surface area (Å²) in [5.74, 6) is -0.678. The van der Waals surface area contributed by atoms with E-state index in [4.69, 9.17) is 9.47 Å². The summed E-state index contributed by atoms with van der Waals surface area (Å²) in [6, 6.07) is 19.0. The SMILES string of the molecule is O=C1CCC(CCC(=O)OCc2ccccc2)(CCC(=O)OCc2ccccc2)N1. The van der Waals surface area contributed by atoms with Crippen LogP contribution in [0.5, 0.6) is 0 Å². The molecule has 0 aromatic heterocycles. The highest BCUT2D eigenvalue weighted by Crippen LogP contribution is 2.30. The van der Waals surface area contributed by atoms with Gasteiger partial charge >= 0.3 is 11.9 Å². The molecule has 0 atom stereocenters. The molecular weight excluding hydrogens is 382 g/mol. The molecule has 2 aromatic rings. The molecule has 0 bridgehead atoms. The number of amides is 1. The smallest absolute Gasteiger partial charge is 0.306 e. The molecule has 6 heteroatoms. The largest absolute Gasteiger partial charge is 0.461 e. The van der Waals surface area contributed by atoms with Crippen LogP contribution in [0.3, 0.4) is 0 Å². The van der Waals surface area contributed by atoms with Crippen LogP contribution in [0, 0.1) is 0 Å². The Kier molecular flexibility index (Phi) is 7.60. The van der Waals surface area contributed by atoms with Crippen LogP contribution in [-0.4, -0.2) is 23.4 Å². The molecule has 158 valence electrons. The van der Waals surface area contributed by atoms with Gasteiger partial charge in [0, 0.05) is 24.8 Å². The number of ether oxygens (including phenoxy) is 2. The molecule has 2 aromatic carbocycles. The van der Waals surface area contributed by atoms with E-state index in [2.05, 4.69) is 5.32 Å². The molecule has 1 amide bonds. The molecule has 3 rings (SSSR count). The van der Waals surface area contributed by atoms with Crippen molar-refractivity contribution in [2.24, 2.45) is 0 Å². The number of carbonyl (C=O) groups excluding carboxylic acids is 3. The second kappa shape index (κ2) is 10.6. The Hall–Kier alpha value is -3.15. The standard InChI is InChI=1S/C24H27NO5/c26-21-11-14-24(25-21,15-12-22(27)29-17-19-7-3-1-4-8-19)16-13-23(28)30-18-20-9-5-2-6-10-20/h1-10H,11-18H2,(H,25,26). The maximum Gasteiger partial charge on any atom is 0.306 e. The lowest BCUT2D eigenvalue weighted by atomic mass is 9.87. The van der Waals surface area contributed by atoms with Gasteiger partial charge in [-0.25, -0.2) is 0 Å². The van der Waals surface area contributed by atoms with Crippen molar-refractivity contribution in [2.75, 3.05) is 0 Å². The fourth-order valence-electron chi connectivity index (χ4n) is 3.58. The van der Waals surface area contributed by atoms with Crippen LogP contribution >= 0.6 is 0 Å². The molecule has 1 aliphatic heterocycles. The first-order valence-electron chi connectivity index (χ1n) is 10.2. The van der Waals surface area contributed by atoms with Crippen molar-refractivity contribution in [2.45, 2.75) is 57.3 Å². The Bertz CT molecular complexity index is 791. The third-order valence-electron chi connectivity index (χ3n) is 5.34. The zero-order chi connectivity index (χ0) is 21.2. The predicted molar refractivity (Wildman–Crippen MR) is 111 cm³/mol. The monoisotopic (exact) mass is 409 g/mol. The third-order valence-corrected chi connectivity index (χ3v) is 5.34. The van der Waals surface area contributed by atoms with E-state index >= 15 is 0 Å². The topological polar surface area (TPSA) is 81.7 Å². The normalized spacial score (nSPS) is 14.7. The Morgan fingerprint density at radius 1 is 0.800 bits per heavy atom. The van der Waals surface area contributed by atoms with E-state index in [1.807, 2.05) is 60.7 Å². The molecule has 0 saturated carbocycles. The molecule has 1 aliphatic rings. The van der Waals surface area contributed by atoms with Gasteiger partial charge in [0.2, 0.25) is 5.91 Å². The maximum absolute atomic E-state index is 12.2. The fourth-order valence-corrected chi connectivity index (χ4v) is 3.58. The summed E-state index contributed by atoms with van der Waals surface area (Å²) in [7, 11) is 0. The van der Waals surface area contributed by atoms with Gasteiger partial charge in [-0.2, -0.15) is 0 Å². The van der Waals surface area contributed by atoms with Crippen molar-refractivity contribution in [1.82, 2.24) is 5.32 Å². The Labute approximate surface area is 176 Å². The number of rotatable bonds is 10. The number of esters is 2. The van der Waals surface area contributed by atoms with Gasteiger partial charge in [0.25, 0.3) is 0 Å². The summed E-state index contributed by atoms with van der Waals surface area (Å²) in [5.41, 5.74) is 1.29. The van der Waals surface area contributed by atoms with Gasteiger partial charge in [-0.1, -0.05) is 60.7 Å². The van der Waals surface area contributed by atoms with E-state index in [0.717, 1.165) is 11.1 Å². The molecule has 1 heterocycles. The second-order valence-electron chi connectivity index (χ2n) is 7.62. The second-order valence-corrected chi connectivity index (χ2v) is 7.62. The van der Waals surface area contributed by atoms with Crippen molar-refractivity contribution in [3.63, 3.8) is 0 Å². The Morgan fingerprint density at radius 3 is 1.67 bits per heavy atom. The van der Waals surface area contributed by atoms with Gasteiger partial charge in [-0.3, -0.25) is 14.4 Å². The van der Waals surface area contributed by atoms with E-state index in [-0.39, 0.29) is 43.9 Å². The summed E-state index contributed by atoms with van der Waals surface area (Å²) in [5, 5.41) is 2.97. The average Bonchev–Trinajstić information content (AvgIpc) is 3.16. The number of hydrogen-bond acceptors (Lipinski definition) is 5. The first-order valence-corrected chi connectivity index (χ1v) is 10.2. The minimum Gasteiger partial charge on any atom is -0.461 e. The predicted octanol–water partition coefficient (Wildman–Crippen LogP) is 3.68. The van der Waals surface area contributed by atoms with Gasteiger partial charge in [-0.15, -0.1) is 0 Å². The summed E-state index contributed by atoms with van der Waals surface area (Å²) < 4.78 is 10.7. The molecule has 1 N–H and O–H groups in total. The van der Waals surface area contributed by atoms with Crippen LogP contribution in [0.4, 0.5) is 0 Å². The Morgan fingerprint density at radius 2 is 1.27 bits per heavy atom. The van der Waals surface area contributed by atoms with Crippen molar-refractivity contribution in [3.8, 4) is 0 Å². The molecule has 0 aliphatic carbocycles. The van der Waals surface area contributed by atoms with Crippen LogP contribution in [0.1, 0.15) is 49.7 Å². The zero-order valence-electron chi connectivity index (χ0n) is 17.0. The quantitative estimate of drug-likeness (QED) is 0.606. The van der Waals surface area contributed by atoms with Crippen LogP contribution < -0.4 is 5.32 Å². The highest BCUT2D eigenvalue weighted by molar-refractivity contribution is 5.80. The minimum atomic E-state index is -0.561. The van der Waals surface area contributed by atoms with Crippen LogP contribution in [0.2, 0.25) is 0 Å². The third kappa shape index (κ3) is 6.72. The number of benzene rings is 2. The number of nitrogens with one attached hydrogen (secondary N) is 1. The van der Waals surface area contributed by atoms with Crippen LogP contribution in [0.25, 0.3) is 0 Å². The van der Waals surface area contributed by atoms with E-state index < -0.39 is 5.54 Å². The fraction of sp³-hybridized carbons (Fsp3) is 0.375. The van der Waals surface area contributed by atoms with Gasteiger partial charge in [0.05, 0.1) is 0 Å². The summed E-state index contributed by atoms with van der Waals surface area (Å²) >= 11 is 0. The van der Waals surface area contributed by atoms with Crippen LogP contribution in [-0.2, 0) is 37.1 Å². The summed E-state index contributed by atoms with van der Waals surface area (Å²) in [6.07, 6.45) is 2.26. The lowest BCUT2D eigenvalue weighted by Gasteiger charge is -2.28. The Balaban J connectivity index is 1.45. The van der Waals surface area contributed by atoms with Gasteiger partial charge in [0.1, 0.15) is 13.2 Å². The first-order chi connectivity index (χ1) is 14.5. The van der Waals surface area contributed by atoms with E-state index in [1.54, 1.807) is 0 Å². The molecule has 1 saturated heterocycles. The van der Waals surface area contributed by atoms with E-state index in [1.165, 1.54) is 0 Å². The van der Waals surface area contributed by atoms with Crippen molar-refractivity contribution >= 4 is 17.8 Å². The average molecular weight is 409 g/mol. The summed E-state index contributed by atoms with van der Waals surface area (Å²) in [4.78, 5) is 36.2. The van der Waals surface area contributed by atoms with Gasteiger partial charge < -0.3 is 14.8 Å².